The minimum atomic E-state index is -0.00268. The van der Waals surface area contributed by atoms with Crippen molar-refractivity contribution in [1.82, 2.24) is 15.5 Å². The standard InChI is InChI=1S/C15H23ClN4OS.HI/c1-20(2)14(21)11-19-15(17-8-9-22-3)18-10-12-6-4-5-7-13(12)16;/h4-7H,8-11H2,1-3H3,(H2,17,18,19);1H. The summed E-state index contributed by atoms with van der Waals surface area (Å²) < 4.78 is 0. The number of likely N-dealkylation sites (N-methyl/N-ethyl adjacent to an activating group) is 1. The molecule has 0 radical (unpaired) electrons. The molecule has 0 saturated heterocycles. The van der Waals surface area contributed by atoms with Gasteiger partial charge in [-0.2, -0.15) is 11.8 Å². The number of carbonyl (C=O) groups is 1. The lowest BCUT2D eigenvalue weighted by atomic mass is 10.2. The number of nitrogens with one attached hydrogen (secondary N) is 2. The third-order valence-corrected chi connectivity index (χ3v) is 3.85. The highest BCUT2D eigenvalue weighted by Gasteiger charge is 2.06. The number of halogens is 2. The molecule has 8 heteroatoms. The lowest BCUT2D eigenvalue weighted by Crippen LogP contribution is -2.43. The van der Waals surface area contributed by atoms with Crippen LogP contribution in [0.2, 0.25) is 5.02 Å². The zero-order valence-corrected chi connectivity index (χ0v) is 17.5. The van der Waals surface area contributed by atoms with Gasteiger partial charge >= 0.3 is 0 Å². The van der Waals surface area contributed by atoms with E-state index in [0.717, 1.165) is 17.9 Å². The topological polar surface area (TPSA) is 56.7 Å². The maximum absolute atomic E-state index is 11.7. The van der Waals surface area contributed by atoms with Crippen LogP contribution in [0.25, 0.3) is 0 Å². The summed E-state index contributed by atoms with van der Waals surface area (Å²) in [6, 6.07) is 7.61. The second-order valence-electron chi connectivity index (χ2n) is 4.82. The van der Waals surface area contributed by atoms with Gasteiger partial charge in [0.2, 0.25) is 5.91 Å². The largest absolute Gasteiger partial charge is 0.356 e. The van der Waals surface area contributed by atoms with Gasteiger partial charge in [0.05, 0.1) is 13.1 Å². The van der Waals surface area contributed by atoms with Crippen LogP contribution in [0.15, 0.2) is 29.3 Å². The van der Waals surface area contributed by atoms with Crippen LogP contribution >= 0.6 is 47.3 Å². The van der Waals surface area contributed by atoms with Crippen LogP contribution in [0.3, 0.4) is 0 Å². The minimum absolute atomic E-state index is 0. The van der Waals surface area contributed by atoms with E-state index >= 15 is 0 Å². The number of thioether (sulfide) groups is 1. The molecular formula is C15H24ClIN4OS. The van der Waals surface area contributed by atoms with E-state index in [1.807, 2.05) is 30.5 Å². The van der Waals surface area contributed by atoms with E-state index in [2.05, 4.69) is 15.6 Å². The molecule has 0 heterocycles. The minimum Gasteiger partial charge on any atom is -0.356 e. The van der Waals surface area contributed by atoms with Crippen molar-refractivity contribution in [1.29, 1.82) is 0 Å². The van der Waals surface area contributed by atoms with Crippen LogP contribution in [0.1, 0.15) is 5.56 Å². The molecule has 1 aromatic carbocycles. The SMILES string of the molecule is CSCCNC(=NCc1ccccc1Cl)NCC(=O)N(C)C.I. The number of aliphatic imine (C=N–C) groups is 1. The molecule has 23 heavy (non-hydrogen) atoms. The Bertz CT molecular complexity index is 514. The molecule has 0 aliphatic carbocycles. The van der Waals surface area contributed by atoms with E-state index in [9.17, 15) is 4.79 Å². The molecule has 0 bridgehead atoms. The summed E-state index contributed by atoms with van der Waals surface area (Å²) in [6.07, 6.45) is 2.05. The highest BCUT2D eigenvalue weighted by Crippen LogP contribution is 2.15. The Balaban J connectivity index is 0.00000484. The van der Waals surface area contributed by atoms with E-state index in [-0.39, 0.29) is 36.4 Å². The van der Waals surface area contributed by atoms with Gasteiger partial charge in [-0.05, 0) is 17.9 Å². The molecular weight excluding hydrogens is 447 g/mol. The van der Waals surface area contributed by atoms with Gasteiger partial charge in [0, 0.05) is 31.4 Å². The average Bonchev–Trinajstić information content (AvgIpc) is 2.50. The Labute approximate surface area is 164 Å². The second-order valence-corrected chi connectivity index (χ2v) is 6.21. The summed E-state index contributed by atoms with van der Waals surface area (Å²) in [5.41, 5.74) is 0.953. The van der Waals surface area contributed by atoms with Crippen molar-refractivity contribution in [2.75, 3.05) is 39.2 Å². The number of amides is 1. The quantitative estimate of drug-likeness (QED) is 0.278. The number of hydrogen-bond acceptors (Lipinski definition) is 3. The zero-order chi connectivity index (χ0) is 16.4. The molecule has 0 unspecified atom stereocenters. The number of carbonyl (C=O) groups excluding carboxylic acids is 1. The Kier molecular flexibility index (Phi) is 12.3. The Morgan fingerprint density at radius 3 is 2.61 bits per heavy atom. The maximum Gasteiger partial charge on any atom is 0.241 e. The van der Waals surface area contributed by atoms with Gasteiger partial charge in [-0.3, -0.25) is 4.79 Å². The molecule has 0 aliphatic rings. The summed E-state index contributed by atoms with van der Waals surface area (Å²) in [6.45, 7) is 1.46. The smallest absolute Gasteiger partial charge is 0.241 e. The Morgan fingerprint density at radius 2 is 2.00 bits per heavy atom. The van der Waals surface area contributed by atoms with Gasteiger partial charge in [0.15, 0.2) is 5.96 Å². The van der Waals surface area contributed by atoms with E-state index < -0.39 is 0 Å². The summed E-state index contributed by atoms with van der Waals surface area (Å²) in [4.78, 5) is 17.7. The van der Waals surface area contributed by atoms with Crippen molar-refractivity contribution < 1.29 is 4.79 Å². The van der Waals surface area contributed by atoms with E-state index in [4.69, 9.17) is 11.6 Å². The average molecular weight is 471 g/mol. The summed E-state index contributed by atoms with van der Waals surface area (Å²) in [5, 5.41) is 6.95. The van der Waals surface area contributed by atoms with Crippen molar-refractivity contribution in [2.24, 2.45) is 4.99 Å². The molecule has 0 saturated carbocycles. The van der Waals surface area contributed by atoms with Crippen LogP contribution in [-0.2, 0) is 11.3 Å². The van der Waals surface area contributed by atoms with Crippen LogP contribution in [0.5, 0.6) is 0 Å². The van der Waals surface area contributed by atoms with Gasteiger partial charge in [0.25, 0.3) is 0 Å². The highest BCUT2D eigenvalue weighted by molar-refractivity contribution is 14.0. The number of hydrogen-bond donors (Lipinski definition) is 2. The van der Waals surface area contributed by atoms with E-state index in [0.29, 0.717) is 17.5 Å². The highest BCUT2D eigenvalue weighted by atomic mass is 127. The van der Waals surface area contributed by atoms with Crippen LogP contribution in [-0.4, -0.2) is 56.0 Å². The lowest BCUT2D eigenvalue weighted by molar-refractivity contribution is -0.127. The molecule has 0 spiro atoms. The number of rotatable bonds is 7. The number of benzene rings is 1. The fraction of sp³-hybridized carbons (Fsp3) is 0.467. The summed E-state index contributed by atoms with van der Waals surface area (Å²) in [5.74, 6) is 1.58. The first-order valence-corrected chi connectivity index (χ1v) is 8.76. The maximum atomic E-state index is 11.7. The van der Waals surface area contributed by atoms with Gasteiger partial charge in [-0.15, -0.1) is 24.0 Å². The van der Waals surface area contributed by atoms with Crippen molar-refractivity contribution in [3.05, 3.63) is 34.9 Å². The van der Waals surface area contributed by atoms with Crippen molar-refractivity contribution in [2.45, 2.75) is 6.54 Å². The first-order chi connectivity index (χ1) is 10.5. The number of guanidine groups is 1. The third-order valence-electron chi connectivity index (χ3n) is 2.87. The predicted molar refractivity (Wildman–Crippen MR) is 111 cm³/mol. The summed E-state index contributed by atoms with van der Waals surface area (Å²) >= 11 is 7.88. The van der Waals surface area contributed by atoms with Crippen molar-refractivity contribution in [3.63, 3.8) is 0 Å². The third kappa shape index (κ3) is 9.26. The molecule has 1 aromatic rings. The number of nitrogens with zero attached hydrogens (tertiary/aromatic N) is 2. The normalized spacial score (nSPS) is 10.7. The Hall–Kier alpha value is -0.670. The fourth-order valence-corrected chi connectivity index (χ4v) is 2.06. The van der Waals surface area contributed by atoms with Crippen molar-refractivity contribution >= 4 is 59.2 Å². The first kappa shape index (κ1) is 22.3. The fourth-order valence-electron chi connectivity index (χ4n) is 1.55. The van der Waals surface area contributed by atoms with Crippen molar-refractivity contribution in [3.8, 4) is 0 Å². The molecule has 0 aromatic heterocycles. The van der Waals surface area contributed by atoms with Gasteiger partial charge in [0.1, 0.15) is 0 Å². The molecule has 1 amide bonds. The second kappa shape index (κ2) is 12.7. The Morgan fingerprint density at radius 1 is 1.30 bits per heavy atom. The molecule has 2 N–H and O–H groups in total. The van der Waals surface area contributed by atoms with E-state index in [1.54, 1.807) is 30.8 Å². The molecule has 0 atom stereocenters. The molecule has 0 fully saturated rings. The monoisotopic (exact) mass is 470 g/mol. The van der Waals surface area contributed by atoms with Crippen LogP contribution in [0, 0.1) is 0 Å². The molecule has 0 aliphatic heterocycles. The van der Waals surface area contributed by atoms with Gasteiger partial charge in [-0.25, -0.2) is 4.99 Å². The molecule has 5 nitrogen and oxygen atoms in total. The summed E-state index contributed by atoms with van der Waals surface area (Å²) in [7, 11) is 3.46. The molecule has 1 rings (SSSR count). The lowest BCUT2D eigenvalue weighted by Gasteiger charge is -2.15. The first-order valence-electron chi connectivity index (χ1n) is 6.99. The zero-order valence-electron chi connectivity index (χ0n) is 13.6. The molecule has 130 valence electrons. The van der Waals surface area contributed by atoms with Gasteiger partial charge in [-0.1, -0.05) is 29.8 Å². The van der Waals surface area contributed by atoms with Gasteiger partial charge < -0.3 is 15.5 Å². The van der Waals surface area contributed by atoms with Crippen LogP contribution in [0.4, 0.5) is 0 Å². The van der Waals surface area contributed by atoms with Crippen LogP contribution < -0.4 is 10.6 Å². The predicted octanol–water partition coefficient (Wildman–Crippen LogP) is 2.44. The van der Waals surface area contributed by atoms with E-state index in [1.165, 1.54) is 0 Å².